The molecule has 4 rings (SSSR count). The fraction of sp³-hybridized carbons (Fsp3) is 0.333. The van der Waals surface area contributed by atoms with Crippen LogP contribution >= 0.6 is 11.3 Å². The number of para-hydroxylation sites is 1. The van der Waals surface area contributed by atoms with Crippen molar-refractivity contribution in [1.82, 2.24) is 9.88 Å². The second-order valence-electron chi connectivity index (χ2n) is 7.27. The van der Waals surface area contributed by atoms with Crippen LogP contribution in [0.5, 0.6) is 0 Å². The van der Waals surface area contributed by atoms with Gasteiger partial charge in [0.15, 0.2) is 16.8 Å². The van der Waals surface area contributed by atoms with E-state index < -0.39 is 23.4 Å². The van der Waals surface area contributed by atoms with Crippen LogP contribution in [0.1, 0.15) is 6.42 Å². The Bertz CT molecular complexity index is 1010. The first kappa shape index (κ1) is 21.3. The molecule has 3 N–H and O–H groups in total. The summed E-state index contributed by atoms with van der Waals surface area (Å²) in [5, 5.41) is 3.13. The van der Waals surface area contributed by atoms with Crippen molar-refractivity contribution in [2.45, 2.75) is 6.42 Å². The highest BCUT2D eigenvalue weighted by Gasteiger charge is 2.20. The number of hydrogen-bond donors (Lipinski definition) is 2. The maximum Gasteiger partial charge on any atom is 0.411 e. The van der Waals surface area contributed by atoms with Crippen molar-refractivity contribution >= 4 is 44.2 Å². The smallest absolute Gasteiger partial charge is 0.411 e. The number of aromatic nitrogens is 1. The Balaban J connectivity index is 1.17. The molecule has 0 unspecified atom stereocenters. The number of rotatable bonds is 6. The molecule has 0 radical (unpaired) electrons. The maximum atomic E-state index is 13.7. The molecule has 0 bridgehead atoms. The number of hydrogen-bond acceptors (Lipinski definition) is 7. The van der Waals surface area contributed by atoms with E-state index in [4.69, 9.17) is 15.5 Å². The van der Waals surface area contributed by atoms with Crippen molar-refractivity contribution in [2.75, 3.05) is 55.3 Å². The molecule has 7 nitrogen and oxygen atoms in total. The third kappa shape index (κ3) is 5.20. The van der Waals surface area contributed by atoms with Crippen molar-refractivity contribution < 1.29 is 18.3 Å². The summed E-state index contributed by atoms with van der Waals surface area (Å²) in [6, 6.07) is 10.00. The van der Waals surface area contributed by atoms with E-state index in [-0.39, 0.29) is 12.3 Å². The van der Waals surface area contributed by atoms with Crippen LogP contribution in [-0.2, 0) is 4.74 Å². The van der Waals surface area contributed by atoms with Gasteiger partial charge in [0.1, 0.15) is 5.69 Å². The van der Waals surface area contributed by atoms with Gasteiger partial charge in [-0.2, -0.15) is 0 Å². The second-order valence-corrected chi connectivity index (χ2v) is 8.28. The number of nitrogens with zero attached hydrogens (tertiary/aromatic N) is 3. The van der Waals surface area contributed by atoms with Crippen LogP contribution in [0.25, 0.3) is 10.2 Å². The van der Waals surface area contributed by atoms with Gasteiger partial charge in [0.25, 0.3) is 0 Å². The third-order valence-corrected chi connectivity index (χ3v) is 6.17. The number of thiazole rings is 1. The van der Waals surface area contributed by atoms with Gasteiger partial charge in [0, 0.05) is 38.4 Å². The number of amides is 1. The molecule has 0 atom stereocenters. The number of ether oxygens (including phenoxy) is 1. The Hall–Kier alpha value is -2.98. The molecule has 1 aromatic heterocycles. The average molecular weight is 448 g/mol. The van der Waals surface area contributed by atoms with Gasteiger partial charge in [-0.3, -0.25) is 10.2 Å². The largest absolute Gasteiger partial charge is 0.449 e. The van der Waals surface area contributed by atoms with Gasteiger partial charge in [-0.25, -0.2) is 18.6 Å². The van der Waals surface area contributed by atoms with Gasteiger partial charge in [0.2, 0.25) is 0 Å². The first-order chi connectivity index (χ1) is 15.0. The standard InChI is InChI=1S/C21H23F2N5O2S/c22-15-12-14(24)13-16(23)19(15)26-21(29)30-11-3-6-27-7-9-28(10-8-27)20-25-17-4-1-2-5-18(17)31-20/h1-2,4-5,12-13H,3,6-11,24H2,(H,26,29). The van der Waals surface area contributed by atoms with E-state index in [1.807, 2.05) is 18.2 Å². The number of fused-ring (bicyclic) bond motifs is 1. The number of nitrogen functional groups attached to an aromatic ring is 1. The number of benzene rings is 2. The molecule has 3 aromatic rings. The molecule has 1 amide bonds. The zero-order chi connectivity index (χ0) is 21.8. The molecular weight excluding hydrogens is 424 g/mol. The number of carbonyl (C=O) groups is 1. The topological polar surface area (TPSA) is 83.7 Å². The molecule has 0 saturated carbocycles. The van der Waals surface area contributed by atoms with Crippen molar-refractivity contribution in [1.29, 1.82) is 0 Å². The molecule has 2 aromatic carbocycles. The molecule has 1 aliphatic heterocycles. The Morgan fingerprint density at radius 2 is 1.87 bits per heavy atom. The summed E-state index contributed by atoms with van der Waals surface area (Å²) in [5.41, 5.74) is 5.76. The summed E-state index contributed by atoms with van der Waals surface area (Å²) in [6.45, 7) is 4.48. The predicted molar refractivity (Wildman–Crippen MR) is 119 cm³/mol. The summed E-state index contributed by atoms with van der Waals surface area (Å²) in [6.07, 6.45) is -0.274. The van der Waals surface area contributed by atoms with E-state index >= 15 is 0 Å². The van der Waals surface area contributed by atoms with Crippen LogP contribution < -0.4 is 16.0 Å². The highest BCUT2D eigenvalue weighted by molar-refractivity contribution is 7.22. The lowest BCUT2D eigenvalue weighted by molar-refractivity contribution is 0.150. The second kappa shape index (κ2) is 9.44. The van der Waals surface area contributed by atoms with Gasteiger partial charge in [-0.15, -0.1) is 0 Å². The predicted octanol–water partition coefficient (Wildman–Crippen LogP) is 3.92. The fourth-order valence-electron chi connectivity index (χ4n) is 3.46. The van der Waals surface area contributed by atoms with Crippen LogP contribution in [0.15, 0.2) is 36.4 Å². The quantitative estimate of drug-likeness (QED) is 0.440. The molecular formula is C21H23F2N5O2S. The Morgan fingerprint density at radius 3 is 2.58 bits per heavy atom. The lowest BCUT2D eigenvalue weighted by Crippen LogP contribution is -2.46. The summed E-state index contributed by atoms with van der Waals surface area (Å²) in [4.78, 5) is 21.1. The highest BCUT2D eigenvalue weighted by atomic mass is 32.1. The fourth-order valence-corrected chi connectivity index (χ4v) is 4.48. The van der Waals surface area contributed by atoms with Gasteiger partial charge in [-0.1, -0.05) is 23.5 Å². The van der Waals surface area contributed by atoms with E-state index in [0.29, 0.717) is 6.42 Å². The Morgan fingerprint density at radius 1 is 1.16 bits per heavy atom. The van der Waals surface area contributed by atoms with Crippen LogP contribution in [0, 0.1) is 11.6 Å². The monoisotopic (exact) mass is 447 g/mol. The molecule has 0 aliphatic carbocycles. The van der Waals surface area contributed by atoms with E-state index in [2.05, 4.69) is 21.2 Å². The van der Waals surface area contributed by atoms with Gasteiger partial charge >= 0.3 is 6.09 Å². The van der Waals surface area contributed by atoms with Crippen molar-refractivity contribution in [3.63, 3.8) is 0 Å². The lowest BCUT2D eigenvalue weighted by atomic mass is 10.2. The van der Waals surface area contributed by atoms with E-state index in [9.17, 15) is 13.6 Å². The van der Waals surface area contributed by atoms with Crippen molar-refractivity contribution in [3.8, 4) is 0 Å². The van der Waals surface area contributed by atoms with E-state index in [0.717, 1.165) is 55.5 Å². The molecule has 164 valence electrons. The minimum Gasteiger partial charge on any atom is -0.449 e. The summed E-state index contributed by atoms with van der Waals surface area (Å²) >= 11 is 1.70. The number of piperazine rings is 1. The van der Waals surface area contributed by atoms with E-state index in [1.54, 1.807) is 11.3 Å². The minimum atomic E-state index is -0.944. The highest BCUT2D eigenvalue weighted by Crippen LogP contribution is 2.29. The molecule has 10 heteroatoms. The normalized spacial score (nSPS) is 14.7. The van der Waals surface area contributed by atoms with Gasteiger partial charge in [0.05, 0.1) is 16.8 Å². The van der Waals surface area contributed by atoms with Crippen LogP contribution in [0.3, 0.4) is 0 Å². The average Bonchev–Trinajstić information content (AvgIpc) is 3.18. The summed E-state index contributed by atoms with van der Waals surface area (Å²) < 4.78 is 33.7. The molecule has 1 saturated heterocycles. The van der Waals surface area contributed by atoms with Gasteiger partial charge in [-0.05, 0) is 30.7 Å². The Labute approximate surface area is 182 Å². The van der Waals surface area contributed by atoms with Crippen LogP contribution in [0.4, 0.5) is 30.1 Å². The Kier molecular flexibility index (Phi) is 6.47. The first-order valence-corrected chi connectivity index (χ1v) is 10.8. The van der Waals surface area contributed by atoms with Crippen molar-refractivity contribution in [3.05, 3.63) is 48.0 Å². The molecule has 31 heavy (non-hydrogen) atoms. The van der Waals surface area contributed by atoms with Crippen LogP contribution in [0.2, 0.25) is 0 Å². The lowest BCUT2D eigenvalue weighted by Gasteiger charge is -2.34. The van der Waals surface area contributed by atoms with Gasteiger partial charge < -0.3 is 15.4 Å². The molecule has 2 heterocycles. The molecule has 1 fully saturated rings. The van der Waals surface area contributed by atoms with Crippen molar-refractivity contribution in [2.24, 2.45) is 0 Å². The number of anilines is 3. The number of nitrogens with one attached hydrogen (secondary N) is 1. The zero-order valence-corrected chi connectivity index (χ0v) is 17.6. The third-order valence-electron chi connectivity index (χ3n) is 5.07. The minimum absolute atomic E-state index is 0.0582. The first-order valence-electron chi connectivity index (χ1n) is 10.0. The zero-order valence-electron chi connectivity index (χ0n) is 16.8. The summed E-state index contributed by atoms with van der Waals surface area (Å²) in [7, 11) is 0. The summed E-state index contributed by atoms with van der Waals surface area (Å²) in [5.74, 6) is -1.89. The number of nitrogens with two attached hydrogens (primary N) is 1. The molecule has 1 aliphatic rings. The number of halogens is 2. The maximum absolute atomic E-state index is 13.7. The SMILES string of the molecule is Nc1cc(F)c(NC(=O)OCCCN2CCN(c3nc4ccccc4s3)CC2)c(F)c1. The number of carbonyl (C=O) groups excluding carboxylic acids is 1. The molecule has 0 spiro atoms. The van der Waals surface area contributed by atoms with E-state index in [1.165, 1.54) is 4.70 Å². The van der Waals surface area contributed by atoms with Crippen LogP contribution in [-0.4, -0.2) is 55.3 Å².